The highest BCUT2D eigenvalue weighted by Gasteiger charge is 2.38. The molecular weight excluding hydrogens is 1950 g/mol. The largest absolute Gasteiger partial charge is 0.445 e. The van der Waals surface area contributed by atoms with Gasteiger partial charge in [-0.05, 0) is 100 Å². The summed E-state index contributed by atoms with van der Waals surface area (Å²) in [7, 11) is 0. The Hall–Kier alpha value is -13.6. The van der Waals surface area contributed by atoms with Gasteiger partial charge >= 0.3 is 30.5 Å². The van der Waals surface area contributed by atoms with E-state index in [0.717, 1.165) is 19.3 Å². The van der Waals surface area contributed by atoms with Gasteiger partial charge in [-0.3, -0.25) is 52.7 Å². The SMILES string of the molecule is CCCCCCCC(=O)N[C@@H](CCNC(=O)OCc1ccccc1Cl)C(=O)N[C@H](C(=O)N[C@@H](CCNC(=O)OCc1ccccc1Cl)C(=O)N[C@H]1CCNC(=O)[C@H]([C@@H](C)OCc2ccccc2)NC(=O)[C@H](CCNC(=O)OCc2ccccc2Cl)NC(=O)[C@H](CCNC(=O)OCc2ccccc2Cl)NC(=O)CNC(=O)CNC(=O)[C@H](CCNC(=O)OCc2ccccc2Cl)NC1=O)[C@@H](C)OCc1ccccc1. The van der Waals surface area contributed by atoms with Crippen molar-refractivity contribution in [3.63, 3.8) is 0 Å². The number of nitrogens with one attached hydrogen (secondary N) is 16. The molecule has 1 fully saturated rings. The first-order valence-corrected chi connectivity index (χ1v) is 48.0. The molecule has 764 valence electrons. The lowest BCUT2D eigenvalue weighted by Crippen LogP contribution is -2.62. The van der Waals surface area contributed by atoms with Crippen LogP contribution in [0.1, 0.15) is 137 Å². The van der Waals surface area contributed by atoms with Crippen molar-refractivity contribution in [1.29, 1.82) is 0 Å². The van der Waals surface area contributed by atoms with E-state index in [1.165, 1.54) is 13.8 Å². The van der Waals surface area contributed by atoms with Crippen LogP contribution in [0.4, 0.5) is 24.0 Å². The van der Waals surface area contributed by atoms with Crippen molar-refractivity contribution in [2.24, 2.45) is 0 Å². The minimum Gasteiger partial charge on any atom is -0.445 e. The Kier molecular flexibility index (Phi) is 50.1. The lowest BCUT2D eigenvalue weighted by atomic mass is 10.1. The highest BCUT2D eigenvalue weighted by atomic mass is 35.5. The monoisotopic (exact) mass is 2060 g/mol. The summed E-state index contributed by atoms with van der Waals surface area (Å²) in [5.74, 6) is -11.7. The molecule has 16 amide bonds. The fourth-order valence-electron chi connectivity index (χ4n) is 13.8. The summed E-state index contributed by atoms with van der Waals surface area (Å²) < 4.78 is 39.7. The van der Waals surface area contributed by atoms with Gasteiger partial charge in [-0.15, -0.1) is 0 Å². The molecule has 0 unspecified atom stereocenters. The zero-order valence-electron chi connectivity index (χ0n) is 78.5. The summed E-state index contributed by atoms with van der Waals surface area (Å²) in [5, 5.41) is 42.3. The van der Waals surface area contributed by atoms with Crippen LogP contribution in [0.5, 0.6) is 0 Å². The van der Waals surface area contributed by atoms with Gasteiger partial charge < -0.3 is 118 Å². The molecule has 0 bridgehead atoms. The molecule has 16 N–H and O–H groups in total. The Labute approximate surface area is 846 Å². The van der Waals surface area contributed by atoms with Crippen molar-refractivity contribution in [3.05, 3.63) is 246 Å². The van der Waals surface area contributed by atoms with Crippen molar-refractivity contribution < 1.29 is 110 Å². The standard InChI is InChI=1S/C98H119Cl5N16O23/c1-4-5-6-7-14-39-81(120)112-77(43-49-107-96(133)140-58-67-31-17-22-36-72(67)101)90(127)119-85(62(3)137-55-64-27-12-9-13-28-64)93(130)117-79(44-50-108-97(134)141-59-68-32-18-23-37-73(68)102)89(126)115-78-40-46-104-92(129)84(61(2)136-54-63-25-10-8-11-26-63)118-91(128)80(45-51-109-98(135)142-60-69-33-19-24-38-74(69)103)116-87(124)76(42-48-106-95(132)139-57-66-30-16-21-35-71(66)100)113-83(122)53-110-82(121)52-111-86(123)75(114-88(78)125)41-47-105-94(131)138-56-65-29-15-20-34-70(65)99/h8-13,15-38,61-62,75-80,84-85H,4-7,14,39-60H2,1-3H3,(H,104,129)(H,105,131)(H,106,132)(H,107,133)(H,108,134)(H,109,135)(H,110,121)(H,111,123)(H,112,120)(H,113,122)(H,114,125)(H,115,126)(H,116,124)(H,117,130)(H,118,128)(H,119,127)/t61-,62-,75+,76+,77+,78+,79+,80+,84+,85+/m1/s1. The fraction of sp³-hybridized carbons (Fsp3) is 0.408. The van der Waals surface area contributed by atoms with Gasteiger partial charge in [-0.25, -0.2) is 24.0 Å². The third-order valence-electron chi connectivity index (χ3n) is 21.8. The molecule has 10 atom stereocenters. The van der Waals surface area contributed by atoms with Crippen LogP contribution in [-0.2, 0) is 132 Å². The normalized spacial score (nSPS) is 16.6. The second-order valence-corrected chi connectivity index (χ2v) is 34.7. The molecule has 44 heteroatoms. The van der Waals surface area contributed by atoms with Crippen LogP contribution in [0, 0.1) is 0 Å². The molecule has 142 heavy (non-hydrogen) atoms. The predicted molar refractivity (Wildman–Crippen MR) is 525 cm³/mol. The Morgan fingerprint density at radius 1 is 0.366 bits per heavy atom. The van der Waals surface area contributed by atoms with Gasteiger partial charge in [0.2, 0.25) is 65.0 Å². The van der Waals surface area contributed by atoms with Crippen molar-refractivity contribution >= 4 is 153 Å². The highest BCUT2D eigenvalue weighted by molar-refractivity contribution is 6.32. The van der Waals surface area contributed by atoms with E-state index in [-0.39, 0.29) is 80.7 Å². The number of alkyl carbamates (subject to hydrolysis) is 5. The van der Waals surface area contributed by atoms with Gasteiger partial charge in [0.15, 0.2) is 0 Å². The van der Waals surface area contributed by atoms with Crippen molar-refractivity contribution in [2.75, 3.05) is 52.4 Å². The summed E-state index contributed by atoms with van der Waals surface area (Å²) in [5.41, 5.74) is 3.41. The van der Waals surface area contributed by atoms with Crippen LogP contribution >= 0.6 is 58.0 Å². The van der Waals surface area contributed by atoms with E-state index in [9.17, 15) is 47.9 Å². The third-order valence-corrected chi connectivity index (χ3v) is 23.7. The number of benzene rings is 7. The zero-order chi connectivity index (χ0) is 103. The summed E-state index contributed by atoms with van der Waals surface area (Å²) in [4.78, 5) is 231. The van der Waals surface area contributed by atoms with E-state index < -0.39 is 234 Å². The van der Waals surface area contributed by atoms with E-state index in [4.69, 9.17) is 91.2 Å². The molecule has 0 aromatic heterocycles. The number of hydrogen-bond acceptors (Lipinski definition) is 23. The average molecular weight is 2070 g/mol. The Morgan fingerprint density at radius 3 is 1.19 bits per heavy atom. The van der Waals surface area contributed by atoms with Crippen LogP contribution in [0.25, 0.3) is 0 Å². The first-order chi connectivity index (χ1) is 68.4. The van der Waals surface area contributed by atoms with Crippen molar-refractivity contribution in [3.8, 4) is 0 Å². The van der Waals surface area contributed by atoms with Gasteiger partial charge in [0.05, 0.1) is 38.5 Å². The molecule has 39 nitrogen and oxygen atoms in total. The Morgan fingerprint density at radius 2 is 0.746 bits per heavy atom. The zero-order valence-corrected chi connectivity index (χ0v) is 82.2. The van der Waals surface area contributed by atoms with Crippen molar-refractivity contribution in [1.82, 2.24) is 85.1 Å². The average Bonchev–Trinajstić information content (AvgIpc) is 0.933. The number of halogens is 5. The molecule has 1 heterocycles. The van der Waals surface area contributed by atoms with Crippen LogP contribution < -0.4 is 85.1 Å². The summed E-state index contributed by atoms with van der Waals surface area (Å²) >= 11 is 31.7. The summed E-state index contributed by atoms with van der Waals surface area (Å²) in [6.07, 6.45) is -6.89. The second-order valence-electron chi connectivity index (χ2n) is 32.6. The number of rotatable bonds is 46. The van der Waals surface area contributed by atoms with E-state index in [1.807, 2.05) is 6.92 Å². The van der Waals surface area contributed by atoms with Gasteiger partial charge in [-0.2, -0.15) is 0 Å². The van der Waals surface area contributed by atoms with Crippen molar-refractivity contribution in [2.45, 2.75) is 205 Å². The number of unbranched alkanes of at least 4 members (excludes halogenated alkanes) is 4. The summed E-state index contributed by atoms with van der Waals surface area (Å²) in [6, 6.07) is 35.6. The lowest BCUT2D eigenvalue weighted by Gasteiger charge is -2.30. The van der Waals surface area contributed by atoms with E-state index in [2.05, 4.69) is 85.1 Å². The van der Waals surface area contributed by atoms with Crippen LogP contribution in [0.3, 0.4) is 0 Å². The number of ether oxygens (including phenoxy) is 7. The molecule has 0 aliphatic carbocycles. The Balaban J connectivity index is 1.16. The Bertz CT molecular complexity index is 5360. The minimum absolute atomic E-state index is 0.0156. The smallest absolute Gasteiger partial charge is 0.407 e. The topological polar surface area (TPSA) is 530 Å². The fourth-order valence-corrected chi connectivity index (χ4v) is 14.8. The second kappa shape index (κ2) is 62.6. The number of amides is 16. The molecule has 0 radical (unpaired) electrons. The van der Waals surface area contributed by atoms with Crippen LogP contribution in [-0.4, -0.2) is 208 Å². The molecule has 1 aliphatic rings. The maximum absolute atomic E-state index is 15.8. The van der Waals surface area contributed by atoms with Crippen LogP contribution in [0.2, 0.25) is 25.1 Å². The van der Waals surface area contributed by atoms with Gasteiger partial charge in [0, 0.05) is 98.6 Å². The van der Waals surface area contributed by atoms with E-state index >= 15 is 28.8 Å². The molecular formula is C98H119Cl5N16O23. The third kappa shape index (κ3) is 42.1. The summed E-state index contributed by atoms with van der Waals surface area (Å²) in [6.45, 7) is -1.58. The van der Waals surface area contributed by atoms with Gasteiger partial charge in [-0.1, -0.05) is 242 Å². The molecule has 7 aromatic rings. The molecule has 0 saturated carbocycles. The highest BCUT2D eigenvalue weighted by Crippen LogP contribution is 2.23. The first kappa shape index (κ1) is 114. The number of hydrogen-bond donors (Lipinski definition) is 16. The van der Waals surface area contributed by atoms with E-state index in [1.54, 1.807) is 182 Å². The van der Waals surface area contributed by atoms with Gasteiger partial charge in [0.25, 0.3) is 0 Å². The maximum Gasteiger partial charge on any atom is 0.407 e. The first-order valence-electron chi connectivity index (χ1n) is 46.1. The molecule has 7 aromatic carbocycles. The molecule has 1 aliphatic heterocycles. The molecule has 1 saturated heterocycles. The molecule has 8 rings (SSSR count). The number of carbonyl (C=O) groups is 16. The maximum atomic E-state index is 15.8. The molecule has 0 spiro atoms. The van der Waals surface area contributed by atoms with E-state index in [0.29, 0.717) is 61.8 Å². The lowest BCUT2D eigenvalue weighted by molar-refractivity contribution is -0.138. The minimum atomic E-state index is -1.97. The quantitative estimate of drug-likeness (QED) is 0.0125. The number of carbonyl (C=O) groups excluding carboxylic acids is 16. The van der Waals surface area contributed by atoms with Gasteiger partial charge in [0.1, 0.15) is 81.4 Å². The van der Waals surface area contributed by atoms with Crippen LogP contribution in [0.15, 0.2) is 182 Å². The predicted octanol–water partition coefficient (Wildman–Crippen LogP) is 9.04.